The minimum atomic E-state index is -0.289. The third-order valence-electron chi connectivity index (χ3n) is 2.85. The van der Waals surface area contributed by atoms with Crippen molar-refractivity contribution in [3.05, 3.63) is 52.5 Å². The van der Waals surface area contributed by atoms with Crippen LogP contribution < -0.4 is 15.8 Å². The number of amides is 1. The topological polar surface area (TPSA) is 64.3 Å². The summed E-state index contributed by atoms with van der Waals surface area (Å²) in [4.78, 5) is 11.9. The van der Waals surface area contributed by atoms with E-state index < -0.39 is 0 Å². The van der Waals surface area contributed by atoms with Gasteiger partial charge >= 0.3 is 0 Å². The summed E-state index contributed by atoms with van der Waals surface area (Å²) in [6.45, 7) is 3.87. The van der Waals surface area contributed by atoms with Crippen molar-refractivity contribution in [2.45, 2.75) is 13.8 Å². The second-order valence-electron chi connectivity index (χ2n) is 4.89. The van der Waals surface area contributed by atoms with Gasteiger partial charge in [0.05, 0.1) is 11.4 Å². The van der Waals surface area contributed by atoms with Crippen molar-refractivity contribution in [2.75, 3.05) is 17.7 Å². The molecule has 3 N–H and O–H groups in total. The summed E-state index contributed by atoms with van der Waals surface area (Å²) < 4.78 is 5.49. The molecule has 0 fully saturated rings. The highest BCUT2D eigenvalue weighted by Gasteiger charge is 2.07. The number of carbonyl (C=O) groups excluding carboxylic acids is 1. The first kappa shape index (κ1) is 15.2. The van der Waals surface area contributed by atoms with Gasteiger partial charge in [-0.25, -0.2) is 0 Å². The fourth-order valence-electron chi connectivity index (χ4n) is 1.99. The van der Waals surface area contributed by atoms with Crippen LogP contribution in [0.3, 0.4) is 0 Å². The van der Waals surface area contributed by atoms with Gasteiger partial charge < -0.3 is 15.8 Å². The highest BCUT2D eigenvalue weighted by molar-refractivity contribution is 6.31. The summed E-state index contributed by atoms with van der Waals surface area (Å²) in [5.74, 6) is 0.379. The first-order chi connectivity index (χ1) is 9.94. The van der Waals surface area contributed by atoms with E-state index in [2.05, 4.69) is 5.32 Å². The third kappa shape index (κ3) is 4.39. The molecule has 0 spiro atoms. The quantitative estimate of drug-likeness (QED) is 0.849. The molecule has 0 heterocycles. The lowest BCUT2D eigenvalue weighted by Crippen LogP contribution is -2.20. The van der Waals surface area contributed by atoms with Gasteiger partial charge in [-0.3, -0.25) is 4.79 Å². The summed E-state index contributed by atoms with van der Waals surface area (Å²) in [7, 11) is 0. The lowest BCUT2D eigenvalue weighted by Gasteiger charge is -2.10. The van der Waals surface area contributed by atoms with Crippen molar-refractivity contribution >= 4 is 28.9 Å². The predicted molar refractivity (Wildman–Crippen MR) is 85.9 cm³/mol. The molecule has 0 saturated heterocycles. The van der Waals surface area contributed by atoms with Crippen molar-refractivity contribution in [1.29, 1.82) is 0 Å². The highest BCUT2D eigenvalue weighted by atomic mass is 35.5. The Balaban J connectivity index is 1.97. The minimum Gasteiger partial charge on any atom is -0.484 e. The standard InChI is InChI=1S/C16H17ClN2O2/c1-10-5-11(2)7-13(6-10)21-9-16(20)19-15-8-12(17)3-4-14(15)18/h3-8H,9,18H2,1-2H3,(H,19,20). The van der Waals surface area contributed by atoms with Crippen molar-refractivity contribution in [2.24, 2.45) is 0 Å². The Labute approximate surface area is 128 Å². The van der Waals surface area contributed by atoms with E-state index >= 15 is 0 Å². The maximum atomic E-state index is 11.9. The lowest BCUT2D eigenvalue weighted by molar-refractivity contribution is -0.118. The monoisotopic (exact) mass is 304 g/mol. The predicted octanol–water partition coefficient (Wildman–Crippen LogP) is 3.56. The van der Waals surface area contributed by atoms with E-state index in [9.17, 15) is 4.79 Å². The summed E-state index contributed by atoms with van der Waals surface area (Å²) in [5.41, 5.74) is 8.89. The zero-order valence-electron chi connectivity index (χ0n) is 11.9. The van der Waals surface area contributed by atoms with Crippen molar-refractivity contribution in [3.63, 3.8) is 0 Å². The van der Waals surface area contributed by atoms with Crippen LogP contribution in [0.4, 0.5) is 11.4 Å². The van der Waals surface area contributed by atoms with Gasteiger partial charge in [0.2, 0.25) is 0 Å². The lowest BCUT2D eigenvalue weighted by atomic mass is 10.1. The molecule has 21 heavy (non-hydrogen) atoms. The van der Waals surface area contributed by atoms with Gasteiger partial charge in [0.15, 0.2) is 6.61 Å². The molecular formula is C16H17ClN2O2. The van der Waals surface area contributed by atoms with Gasteiger partial charge in [0.1, 0.15) is 5.75 Å². The smallest absolute Gasteiger partial charge is 0.262 e. The molecule has 0 radical (unpaired) electrons. The van der Waals surface area contributed by atoms with E-state index in [0.29, 0.717) is 22.1 Å². The Hall–Kier alpha value is -2.20. The van der Waals surface area contributed by atoms with Gasteiger partial charge in [-0.1, -0.05) is 17.7 Å². The van der Waals surface area contributed by atoms with E-state index in [4.69, 9.17) is 22.1 Å². The second-order valence-corrected chi connectivity index (χ2v) is 5.33. The Bertz CT molecular complexity index is 651. The average Bonchev–Trinajstić information content (AvgIpc) is 2.40. The molecule has 1 amide bonds. The van der Waals surface area contributed by atoms with Gasteiger partial charge in [-0.15, -0.1) is 0 Å². The Morgan fingerprint density at radius 3 is 2.52 bits per heavy atom. The normalized spacial score (nSPS) is 10.2. The molecule has 110 valence electrons. The molecule has 0 aliphatic carbocycles. The van der Waals surface area contributed by atoms with Crippen LogP contribution in [0.25, 0.3) is 0 Å². The number of benzene rings is 2. The van der Waals surface area contributed by atoms with E-state index in [1.807, 2.05) is 32.0 Å². The van der Waals surface area contributed by atoms with Crippen LogP contribution in [0, 0.1) is 13.8 Å². The zero-order chi connectivity index (χ0) is 15.4. The fraction of sp³-hybridized carbons (Fsp3) is 0.188. The fourth-order valence-corrected chi connectivity index (χ4v) is 2.16. The van der Waals surface area contributed by atoms with Crippen LogP contribution in [0.15, 0.2) is 36.4 Å². The van der Waals surface area contributed by atoms with Crippen LogP contribution in [-0.2, 0) is 4.79 Å². The largest absolute Gasteiger partial charge is 0.484 e. The number of halogens is 1. The number of ether oxygens (including phenoxy) is 1. The summed E-state index contributed by atoms with van der Waals surface area (Å²) in [6, 6.07) is 10.7. The molecule has 0 aliphatic rings. The number of aryl methyl sites for hydroxylation is 2. The molecule has 0 unspecified atom stereocenters. The third-order valence-corrected chi connectivity index (χ3v) is 3.09. The molecule has 5 heteroatoms. The summed E-state index contributed by atoms with van der Waals surface area (Å²) in [6.07, 6.45) is 0. The van der Waals surface area contributed by atoms with E-state index in [0.717, 1.165) is 11.1 Å². The molecular weight excluding hydrogens is 288 g/mol. The molecule has 2 rings (SSSR count). The molecule has 0 aliphatic heterocycles. The van der Waals surface area contributed by atoms with Crippen LogP contribution in [-0.4, -0.2) is 12.5 Å². The SMILES string of the molecule is Cc1cc(C)cc(OCC(=O)Nc2cc(Cl)ccc2N)c1. The molecule has 0 bridgehead atoms. The number of anilines is 2. The van der Waals surface area contributed by atoms with E-state index in [1.165, 1.54) is 0 Å². The second kappa shape index (κ2) is 6.50. The van der Waals surface area contributed by atoms with E-state index in [1.54, 1.807) is 18.2 Å². The highest BCUT2D eigenvalue weighted by Crippen LogP contribution is 2.23. The molecule has 4 nitrogen and oxygen atoms in total. The van der Waals surface area contributed by atoms with Crippen molar-refractivity contribution in [1.82, 2.24) is 0 Å². The van der Waals surface area contributed by atoms with Crippen LogP contribution in [0.5, 0.6) is 5.75 Å². The Kier molecular flexibility index (Phi) is 4.70. The number of nitrogens with one attached hydrogen (secondary N) is 1. The number of nitrogen functional groups attached to an aromatic ring is 1. The molecule has 0 aromatic heterocycles. The van der Waals surface area contributed by atoms with E-state index in [-0.39, 0.29) is 12.5 Å². The van der Waals surface area contributed by atoms with Crippen LogP contribution in [0.2, 0.25) is 5.02 Å². The minimum absolute atomic E-state index is 0.0884. The molecule has 0 saturated carbocycles. The van der Waals surface area contributed by atoms with Gasteiger partial charge in [0, 0.05) is 5.02 Å². The molecule has 2 aromatic carbocycles. The average molecular weight is 305 g/mol. The zero-order valence-corrected chi connectivity index (χ0v) is 12.7. The number of hydrogen-bond acceptors (Lipinski definition) is 3. The number of hydrogen-bond donors (Lipinski definition) is 2. The Morgan fingerprint density at radius 2 is 1.86 bits per heavy atom. The van der Waals surface area contributed by atoms with Gasteiger partial charge in [-0.05, 0) is 55.3 Å². The van der Waals surface area contributed by atoms with Crippen molar-refractivity contribution in [3.8, 4) is 5.75 Å². The number of rotatable bonds is 4. The first-order valence-corrected chi connectivity index (χ1v) is 6.88. The van der Waals surface area contributed by atoms with Crippen LogP contribution in [0.1, 0.15) is 11.1 Å². The van der Waals surface area contributed by atoms with Crippen LogP contribution >= 0.6 is 11.6 Å². The number of nitrogens with two attached hydrogens (primary N) is 1. The summed E-state index contributed by atoms with van der Waals surface area (Å²) >= 11 is 5.87. The summed E-state index contributed by atoms with van der Waals surface area (Å²) in [5, 5.41) is 3.19. The Morgan fingerprint density at radius 1 is 1.19 bits per heavy atom. The van der Waals surface area contributed by atoms with Gasteiger partial charge in [0.25, 0.3) is 5.91 Å². The number of carbonyl (C=O) groups is 1. The van der Waals surface area contributed by atoms with Gasteiger partial charge in [-0.2, -0.15) is 0 Å². The van der Waals surface area contributed by atoms with Crippen molar-refractivity contribution < 1.29 is 9.53 Å². The maximum Gasteiger partial charge on any atom is 0.262 e. The molecule has 2 aromatic rings. The maximum absolute atomic E-state index is 11.9. The molecule has 0 atom stereocenters. The first-order valence-electron chi connectivity index (χ1n) is 6.50.